The van der Waals surface area contributed by atoms with Gasteiger partial charge in [0, 0.05) is 13.1 Å². The maximum Gasteiger partial charge on any atom is 0.343 e. The van der Waals surface area contributed by atoms with Crippen molar-refractivity contribution in [3.63, 3.8) is 0 Å². The highest BCUT2D eigenvalue weighted by Gasteiger charge is 2.32. The topological polar surface area (TPSA) is 96.7 Å². The highest BCUT2D eigenvalue weighted by atomic mass is 32.2. The first-order chi connectivity index (χ1) is 13.3. The molecule has 28 heavy (non-hydrogen) atoms. The van der Waals surface area contributed by atoms with Gasteiger partial charge in [-0.05, 0) is 56.3 Å². The maximum absolute atomic E-state index is 12.8. The van der Waals surface area contributed by atoms with Gasteiger partial charge in [-0.3, -0.25) is 0 Å². The molecule has 2 atom stereocenters. The number of carbonyl (C=O) groups excluding carboxylic acids is 1. The van der Waals surface area contributed by atoms with E-state index in [1.165, 1.54) is 34.6 Å². The molecule has 0 N–H and O–H groups in total. The van der Waals surface area contributed by atoms with Crippen LogP contribution < -0.4 is 4.74 Å². The number of carbonyl (C=O) groups is 1. The van der Waals surface area contributed by atoms with E-state index in [-0.39, 0.29) is 41.5 Å². The van der Waals surface area contributed by atoms with Crippen molar-refractivity contribution in [2.45, 2.75) is 31.0 Å². The van der Waals surface area contributed by atoms with Gasteiger partial charge in [0.05, 0.1) is 34.3 Å². The van der Waals surface area contributed by atoms with Crippen molar-refractivity contribution in [3.8, 4) is 11.8 Å². The molecule has 1 aliphatic heterocycles. The molecule has 2 aromatic carbocycles. The van der Waals surface area contributed by atoms with Gasteiger partial charge < -0.3 is 9.47 Å². The van der Waals surface area contributed by atoms with Crippen LogP contribution in [0.4, 0.5) is 0 Å². The molecule has 0 spiro atoms. The average Bonchev–Trinajstić information content (AvgIpc) is 2.67. The summed E-state index contributed by atoms with van der Waals surface area (Å²) >= 11 is 0. The molecule has 0 radical (unpaired) electrons. The van der Waals surface area contributed by atoms with Gasteiger partial charge in [-0.25, -0.2) is 13.2 Å². The first kappa shape index (κ1) is 20.0. The van der Waals surface area contributed by atoms with Crippen molar-refractivity contribution in [3.05, 3.63) is 59.7 Å². The summed E-state index contributed by atoms with van der Waals surface area (Å²) in [6, 6.07) is 13.8. The van der Waals surface area contributed by atoms with Crippen molar-refractivity contribution >= 4 is 16.0 Å². The second kappa shape index (κ2) is 8.10. The van der Waals surface area contributed by atoms with Crippen LogP contribution in [0.15, 0.2) is 53.4 Å². The van der Waals surface area contributed by atoms with Gasteiger partial charge in [0.2, 0.25) is 10.0 Å². The summed E-state index contributed by atoms with van der Waals surface area (Å²) in [6.07, 6.45) is -0.367. The molecule has 8 heteroatoms. The molecule has 0 aromatic heterocycles. The summed E-state index contributed by atoms with van der Waals surface area (Å²) in [7, 11) is -3.67. The summed E-state index contributed by atoms with van der Waals surface area (Å²) in [5.41, 5.74) is 0.589. The Morgan fingerprint density at radius 1 is 1.14 bits per heavy atom. The number of ether oxygens (including phenoxy) is 2. The van der Waals surface area contributed by atoms with Crippen molar-refractivity contribution in [2.75, 3.05) is 13.1 Å². The van der Waals surface area contributed by atoms with Crippen LogP contribution in [-0.4, -0.2) is 44.0 Å². The number of hydrogen-bond acceptors (Lipinski definition) is 6. The van der Waals surface area contributed by atoms with Gasteiger partial charge in [0.15, 0.2) is 0 Å². The first-order valence-corrected chi connectivity index (χ1v) is 10.2. The molecular weight excluding hydrogens is 380 g/mol. The Labute approximate surface area is 164 Å². The van der Waals surface area contributed by atoms with Gasteiger partial charge in [-0.2, -0.15) is 9.57 Å². The predicted molar refractivity (Wildman–Crippen MR) is 101 cm³/mol. The summed E-state index contributed by atoms with van der Waals surface area (Å²) < 4.78 is 37.9. The van der Waals surface area contributed by atoms with E-state index in [2.05, 4.69) is 0 Å². The van der Waals surface area contributed by atoms with E-state index >= 15 is 0 Å². The molecule has 1 fully saturated rings. The van der Waals surface area contributed by atoms with Crippen molar-refractivity contribution in [1.29, 1.82) is 5.26 Å². The highest BCUT2D eigenvalue weighted by Crippen LogP contribution is 2.22. The van der Waals surface area contributed by atoms with Crippen molar-refractivity contribution < 1.29 is 22.7 Å². The Hall–Kier alpha value is -2.73. The summed E-state index contributed by atoms with van der Waals surface area (Å²) in [4.78, 5) is 12.4. The van der Waals surface area contributed by atoms with E-state index in [9.17, 15) is 13.2 Å². The van der Waals surface area contributed by atoms with E-state index in [0.29, 0.717) is 5.56 Å². The first-order valence-electron chi connectivity index (χ1n) is 8.77. The molecular formula is C20H20N2O5S. The third kappa shape index (κ3) is 4.39. The van der Waals surface area contributed by atoms with Gasteiger partial charge >= 0.3 is 5.97 Å². The zero-order valence-corrected chi connectivity index (χ0v) is 16.3. The molecule has 1 heterocycles. The van der Waals surface area contributed by atoms with Crippen LogP contribution in [0.3, 0.4) is 0 Å². The van der Waals surface area contributed by atoms with Gasteiger partial charge in [-0.15, -0.1) is 0 Å². The Bertz CT molecular complexity index is 1000. The van der Waals surface area contributed by atoms with E-state index in [4.69, 9.17) is 14.7 Å². The molecule has 0 saturated carbocycles. The zero-order chi connectivity index (χ0) is 20.3. The number of hydrogen-bond donors (Lipinski definition) is 0. The standard InChI is InChI=1S/C20H20N2O5S/c1-14-12-22(13-15(2)26-14)28(24,25)19-8-6-17(7-9-19)20(23)27-18-5-3-4-16(10-18)11-21/h3-10,14-15H,12-13H2,1-2H3/t14-,15-/m1/s1. The number of nitrogens with zero attached hydrogens (tertiary/aromatic N) is 2. The van der Waals surface area contributed by atoms with Crippen LogP contribution in [0, 0.1) is 11.3 Å². The molecule has 0 aliphatic carbocycles. The van der Waals surface area contributed by atoms with Gasteiger partial charge in [0.25, 0.3) is 0 Å². The normalized spacial score (nSPS) is 20.3. The minimum atomic E-state index is -3.67. The van der Waals surface area contributed by atoms with Crippen LogP contribution in [0.5, 0.6) is 5.75 Å². The van der Waals surface area contributed by atoms with Crippen LogP contribution >= 0.6 is 0 Å². The van der Waals surface area contributed by atoms with E-state index in [1.807, 2.05) is 19.9 Å². The predicted octanol–water partition coefficient (Wildman–Crippen LogP) is 2.58. The lowest BCUT2D eigenvalue weighted by atomic mass is 10.2. The number of morpholine rings is 1. The Morgan fingerprint density at radius 2 is 1.79 bits per heavy atom. The summed E-state index contributed by atoms with van der Waals surface area (Å²) in [5.74, 6) is -0.385. The second-order valence-electron chi connectivity index (χ2n) is 6.63. The molecule has 3 rings (SSSR count). The quantitative estimate of drug-likeness (QED) is 0.578. The molecule has 1 saturated heterocycles. The second-order valence-corrected chi connectivity index (χ2v) is 8.57. The lowest BCUT2D eigenvalue weighted by molar-refractivity contribution is -0.0440. The van der Waals surface area contributed by atoms with E-state index in [0.717, 1.165) is 0 Å². The number of benzene rings is 2. The molecule has 146 valence electrons. The number of rotatable bonds is 4. The Kier molecular flexibility index (Phi) is 5.79. The largest absolute Gasteiger partial charge is 0.423 e. The van der Waals surface area contributed by atoms with Crippen LogP contribution in [0.2, 0.25) is 0 Å². The smallest absolute Gasteiger partial charge is 0.343 e. The molecule has 0 unspecified atom stereocenters. The Morgan fingerprint density at radius 3 is 2.39 bits per heavy atom. The minimum Gasteiger partial charge on any atom is -0.423 e. The lowest BCUT2D eigenvalue weighted by Crippen LogP contribution is -2.48. The Balaban J connectivity index is 1.75. The molecule has 1 aliphatic rings. The monoisotopic (exact) mass is 400 g/mol. The van der Waals surface area contributed by atoms with Crippen LogP contribution in [-0.2, 0) is 14.8 Å². The molecule has 7 nitrogen and oxygen atoms in total. The zero-order valence-electron chi connectivity index (χ0n) is 15.5. The third-order valence-electron chi connectivity index (χ3n) is 4.29. The molecule has 2 aromatic rings. The number of nitriles is 1. The lowest BCUT2D eigenvalue weighted by Gasteiger charge is -2.34. The maximum atomic E-state index is 12.8. The number of esters is 1. The molecule has 0 amide bonds. The van der Waals surface area contributed by atoms with Crippen molar-refractivity contribution in [2.24, 2.45) is 0 Å². The van der Waals surface area contributed by atoms with Gasteiger partial charge in [-0.1, -0.05) is 6.07 Å². The van der Waals surface area contributed by atoms with Crippen LogP contribution in [0.1, 0.15) is 29.8 Å². The highest BCUT2D eigenvalue weighted by molar-refractivity contribution is 7.89. The van der Waals surface area contributed by atoms with Crippen molar-refractivity contribution in [1.82, 2.24) is 4.31 Å². The fourth-order valence-corrected chi connectivity index (χ4v) is 4.62. The minimum absolute atomic E-state index is 0.108. The van der Waals surface area contributed by atoms with Gasteiger partial charge in [0.1, 0.15) is 5.75 Å². The summed E-state index contributed by atoms with van der Waals surface area (Å²) in [6.45, 7) is 4.23. The summed E-state index contributed by atoms with van der Waals surface area (Å²) in [5, 5.41) is 8.90. The number of sulfonamides is 1. The molecule has 0 bridgehead atoms. The fraction of sp³-hybridized carbons (Fsp3) is 0.300. The van der Waals surface area contributed by atoms with E-state index in [1.54, 1.807) is 18.2 Å². The van der Waals surface area contributed by atoms with E-state index < -0.39 is 16.0 Å². The third-order valence-corrected chi connectivity index (χ3v) is 6.13. The average molecular weight is 400 g/mol. The fourth-order valence-electron chi connectivity index (χ4n) is 3.03. The SMILES string of the molecule is C[C@@H]1CN(S(=O)(=O)c2ccc(C(=O)Oc3cccc(C#N)c3)cc2)C[C@@H](C)O1. The van der Waals surface area contributed by atoms with Crippen LogP contribution in [0.25, 0.3) is 0 Å².